The van der Waals surface area contributed by atoms with E-state index in [1.54, 1.807) is 25.0 Å². The number of aliphatic hydroxyl groups excluding tert-OH is 1. The lowest BCUT2D eigenvalue weighted by Gasteiger charge is -2.22. The van der Waals surface area contributed by atoms with Crippen LogP contribution in [0.1, 0.15) is 29.0 Å². The molecule has 0 bridgehead atoms. The SMILES string of the molecule is COc1cccc(O[C@H]2CCN(C(=O)c3cnc(C)nc3)CC[C@@H]2O)c1. The van der Waals surface area contributed by atoms with Crippen LogP contribution in [-0.4, -0.2) is 58.3 Å². The minimum Gasteiger partial charge on any atom is -0.497 e. The molecule has 1 aliphatic rings. The quantitative estimate of drug-likeness (QED) is 0.899. The molecule has 7 heteroatoms. The van der Waals surface area contributed by atoms with Crippen LogP contribution >= 0.6 is 0 Å². The number of aromatic nitrogens is 2. The molecule has 2 aromatic rings. The van der Waals surface area contributed by atoms with Crippen molar-refractivity contribution in [2.24, 2.45) is 0 Å². The average Bonchev–Trinajstić information content (AvgIpc) is 2.84. The third-order valence-electron chi connectivity index (χ3n) is 4.45. The lowest BCUT2D eigenvalue weighted by atomic mass is 10.1. The van der Waals surface area contributed by atoms with Crippen molar-refractivity contribution in [2.45, 2.75) is 32.0 Å². The van der Waals surface area contributed by atoms with E-state index in [0.29, 0.717) is 48.8 Å². The van der Waals surface area contributed by atoms with Gasteiger partial charge < -0.3 is 19.5 Å². The number of hydrogen-bond acceptors (Lipinski definition) is 6. The number of likely N-dealkylation sites (tertiary alicyclic amines) is 1. The molecule has 1 aromatic heterocycles. The molecule has 2 atom stereocenters. The molecule has 1 N–H and O–H groups in total. The highest BCUT2D eigenvalue weighted by Gasteiger charge is 2.29. The van der Waals surface area contributed by atoms with Gasteiger partial charge in [-0.1, -0.05) is 6.07 Å². The van der Waals surface area contributed by atoms with Crippen LogP contribution in [0.5, 0.6) is 11.5 Å². The number of ether oxygens (including phenoxy) is 2. The van der Waals surface area contributed by atoms with E-state index in [1.807, 2.05) is 18.2 Å². The Balaban J connectivity index is 1.65. The molecule has 3 rings (SSSR count). The van der Waals surface area contributed by atoms with Gasteiger partial charge in [0.15, 0.2) is 0 Å². The van der Waals surface area contributed by atoms with E-state index in [0.717, 1.165) is 0 Å². The lowest BCUT2D eigenvalue weighted by molar-refractivity contribution is 0.0349. The number of hydrogen-bond donors (Lipinski definition) is 1. The van der Waals surface area contributed by atoms with E-state index in [4.69, 9.17) is 9.47 Å². The van der Waals surface area contributed by atoms with Crippen LogP contribution in [0, 0.1) is 6.92 Å². The van der Waals surface area contributed by atoms with Crippen LogP contribution in [0.4, 0.5) is 0 Å². The Morgan fingerprint density at radius 3 is 2.62 bits per heavy atom. The molecule has 7 nitrogen and oxygen atoms in total. The largest absolute Gasteiger partial charge is 0.497 e. The van der Waals surface area contributed by atoms with Gasteiger partial charge in [0.25, 0.3) is 5.91 Å². The second kappa shape index (κ2) is 8.14. The number of carbonyl (C=O) groups excluding carboxylic acids is 1. The molecule has 1 fully saturated rings. The molecule has 138 valence electrons. The van der Waals surface area contributed by atoms with Gasteiger partial charge >= 0.3 is 0 Å². The minimum absolute atomic E-state index is 0.126. The second-order valence-electron chi connectivity index (χ2n) is 6.29. The summed E-state index contributed by atoms with van der Waals surface area (Å²) in [5.41, 5.74) is 0.456. The van der Waals surface area contributed by atoms with Crippen LogP contribution in [0.25, 0.3) is 0 Å². The summed E-state index contributed by atoms with van der Waals surface area (Å²) in [6, 6.07) is 7.28. The van der Waals surface area contributed by atoms with E-state index in [9.17, 15) is 9.90 Å². The zero-order valence-corrected chi connectivity index (χ0v) is 15.0. The first-order valence-electron chi connectivity index (χ1n) is 8.63. The van der Waals surface area contributed by atoms with Gasteiger partial charge in [0, 0.05) is 38.0 Å². The molecule has 1 saturated heterocycles. The Labute approximate surface area is 152 Å². The summed E-state index contributed by atoms with van der Waals surface area (Å²) in [6.45, 7) is 2.74. The number of carbonyl (C=O) groups is 1. The summed E-state index contributed by atoms with van der Waals surface area (Å²) < 4.78 is 11.1. The standard InChI is InChI=1S/C19H23N3O4/c1-13-20-11-14(12-21-13)19(24)22-8-6-17(23)18(7-9-22)26-16-5-3-4-15(10-16)25-2/h3-5,10-12,17-18,23H,6-9H2,1-2H3/t17-,18-/m0/s1. The molecular formula is C19H23N3O4. The Morgan fingerprint density at radius 1 is 1.19 bits per heavy atom. The highest BCUT2D eigenvalue weighted by molar-refractivity contribution is 5.93. The number of amides is 1. The monoisotopic (exact) mass is 357 g/mol. The Bertz CT molecular complexity index is 751. The zero-order valence-electron chi connectivity index (χ0n) is 15.0. The smallest absolute Gasteiger partial charge is 0.256 e. The van der Waals surface area contributed by atoms with Crippen molar-refractivity contribution in [3.63, 3.8) is 0 Å². The molecule has 1 aromatic carbocycles. The van der Waals surface area contributed by atoms with Crippen LogP contribution in [0.2, 0.25) is 0 Å². The Hall–Kier alpha value is -2.67. The average molecular weight is 357 g/mol. The molecule has 26 heavy (non-hydrogen) atoms. The molecular weight excluding hydrogens is 334 g/mol. The first kappa shape index (κ1) is 18.1. The number of nitrogens with zero attached hydrogens (tertiary/aromatic N) is 3. The highest BCUT2D eigenvalue weighted by Crippen LogP contribution is 2.24. The fourth-order valence-corrected chi connectivity index (χ4v) is 2.94. The second-order valence-corrected chi connectivity index (χ2v) is 6.29. The Morgan fingerprint density at radius 2 is 1.88 bits per heavy atom. The van der Waals surface area contributed by atoms with E-state index >= 15 is 0 Å². The van der Waals surface area contributed by atoms with E-state index in [2.05, 4.69) is 9.97 Å². The van der Waals surface area contributed by atoms with Gasteiger partial charge in [-0.05, 0) is 25.5 Å². The summed E-state index contributed by atoms with van der Waals surface area (Å²) in [4.78, 5) is 22.5. The molecule has 0 unspecified atom stereocenters. The van der Waals surface area contributed by atoms with Crippen molar-refractivity contribution in [1.82, 2.24) is 14.9 Å². The maximum absolute atomic E-state index is 12.6. The van der Waals surface area contributed by atoms with Gasteiger partial charge in [-0.2, -0.15) is 0 Å². The summed E-state index contributed by atoms with van der Waals surface area (Å²) in [6.07, 6.45) is 3.04. The van der Waals surface area contributed by atoms with Crippen molar-refractivity contribution in [3.05, 3.63) is 48.0 Å². The van der Waals surface area contributed by atoms with Gasteiger partial charge in [-0.15, -0.1) is 0 Å². The molecule has 0 saturated carbocycles. The fourth-order valence-electron chi connectivity index (χ4n) is 2.94. The van der Waals surface area contributed by atoms with Gasteiger partial charge in [-0.3, -0.25) is 4.79 Å². The van der Waals surface area contributed by atoms with Gasteiger partial charge in [-0.25, -0.2) is 9.97 Å². The third-order valence-corrected chi connectivity index (χ3v) is 4.45. The summed E-state index contributed by atoms with van der Waals surface area (Å²) in [5.74, 6) is 1.83. The normalized spacial score (nSPS) is 20.3. The molecule has 0 radical (unpaired) electrons. The zero-order chi connectivity index (χ0) is 18.5. The van der Waals surface area contributed by atoms with Gasteiger partial charge in [0.2, 0.25) is 0 Å². The Kier molecular flexibility index (Phi) is 5.68. The number of methoxy groups -OCH3 is 1. The maximum atomic E-state index is 12.6. The lowest BCUT2D eigenvalue weighted by Crippen LogP contribution is -2.32. The molecule has 1 aliphatic heterocycles. The van der Waals surface area contributed by atoms with E-state index < -0.39 is 6.10 Å². The number of benzene rings is 1. The predicted octanol–water partition coefficient (Wildman–Crippen LogP) is 1.84. The van der Waals surface area contributed by atoms with Crippen molar-refractivity contribution >= 4 is 5.91 Å². The number of aryl methyl sites for hydroxylation is 1. The first-order valence-corrected chi connectivity index (χ1v) is 8.63. The van der Waals surface area contributed by atoms with Crippen LogP contribution < -0.4 is 9.47 Å². The molecule has 0 spiro atoms. The van der Waals surface area contributed by atoms with E-state index in [1.165, 1.54) is 12.4 Å². The summed E-state index contributed by atoms with van der Waals surface area (Å²) in [7, 11) is 1.60. The van der Waals surface area contributed by atoms with Crippen molar-refractivity contribution in [1.29, 1.82) is 0 Å². The molecule has 2 heterocycles. The maximum Gasteiger partial charge on any atom is 0.256 e. The summed E-state index contributed by atoms with van der Waals surface area (Å²) >= 11 is 0. The van der Waals surface area contributed by atoms with Crippen LogP contribution in [0.15, 0.2) is 36.7 Å². The number of rotatable bonds is 4. The fraction of sp³-hybridized carbons (Fsp3) is 0.421. The number of aliphatic hydroxyl groups is 1. The molecule has 0 aliphatic carbocycles. The topological polar surface area (TPSA) is 84.8 Å². The third kappa shape index (κ3) is 4.29. The summed E-state index contributed by atoms with van der Waals surface area (Å²) in [5, 5.41) is 10.4. The first-order chi connectivity index (χ1) is 12.6. The van der Waals surface area contributed by atoms with Gasteiger partial charge in [0.05, 0.1) is 18.8 Å². The van der Waals surface area contributed by atoms with E-state index in [-0.39, 0.29) is 12.0 Å². The van der Waals surface area contributed by atoms with Gasteiger partial charge in [0.1, 0.15) is 23.4 Å². The van der Waals surface area contributed by atoms with Crippen molar-refractivity contribution in [2.75, 3.05) is 20.2 Å². The van der Waals surface area contributed by atoms with Crippen LogP contribution in [-0.2, 0) is 0 Å². The van der Waals surface area contributed by atoms with Crippen LogP contribution in [0.3, 0.4) is 0 Å². The van der Waals surface area contributed by atoms with Crippen molar-refractivity contribution < 1.29 is 19.4 Å². The minimum atomic E-state index is -0.645. The molecule has 1 amide bonds. The predicted molar refractivity (Wildman–Crippen MR) is 95.3 cm³/mol. The highest BCUT2D eigenvalue weighted by atomic mass is 16.5. The van der Waals surface area contributed by atoms with Crippen molar-refractivity contribution in [3.8, 4) is 11.5 Å².